The lowest BCUT2D eigenvalue weighted by atomic mass is 10.0. The van der Waals surface area contributed by atoms with Crippen LogP contribution in [0.3, 0.4) is 0 Å². The molecule has 0 fully saturated rings. The first kappa shape index (κ1) is 33.6. The maximum Gasteiger partial charge on any atom is 0.326 e. The molecule has 214 valence electrons. The number of carbonyl (C=O) groups excluding carboxylic acids is 4. The van der Waals surface area contributed by atoms with E-state index in [1.54, 1.807) is 31.6 Å². The molecule has 0 spiro atoms. The van der Waals surface area contributed by atoms with Crippen LogP contribution in [0.2, 0.25) is 0 Å². The second-order valence-electron chi connectivity index (χ2n) is 9.91. The number of rotatable bonds is 7. The molecule has 0 aromatic heterocycles. The summed E-state index contributed by atoms with van der Waals surface area (Å²) in [6, 6.07) is -2.96. The Morgan fingerprint density at radius 3 is 2.39 bits per heavy atom. The third-order valence-corrected chi connectivity index (χ3v) is 8.33. The maximum atomic E-state index is 13.2. The van der Waals surface area contributed by atoms with E-state index in [-0.39, 0.29) is 41.5 Å². The first-order valence-corrected chi connectivity index (χ1v) is 15.4. The Morgan fingerprint density at radius 1 is 1.13 bits per heavy atom. The average molecular weight is 571 g/mol. The summed E-state index contributed by atoms with van der Waals surface area (Å²) in [5, 5.41) is 19.9. The number of nitrogens with one attached hydrogen (secondary N) is 4. The van der Waals surface area contributed by atoms with Gasteiger partial charge in [-0.2, -0.15) is 0 Å². The first-order chi connectivity index (χ1) is 17.9. The second-order valence-corrected chi connectivity index (χ2v) is 12.5. The summed E-state index contributed by atoms with van der Waals surface area (Å²) in [5.41, 5.74) is -0.117. The Labute approximate surface area is 233 Å². The number of allylic oxidation sites excluding steroid dienone is 3. The number of amides is 4. The molecule has 12 heteroatoms. The molecular formula is C26H42N4O6S2. The molecule has 0 bridgehead atoms. The van der Waals surface area contributed by atoms with Gasteiger partial charge < -0.3 is 26.4 Å². The molecule has 1 rings (SSSR count). The second kappa shape index (κ2) is 17.2. The summed E-state index contributed by atoms with van der Waals surface area (Å²) in [7, 11) is 2.99. The molecule has 0 aliphatic carbocycles. The van der Waals surface area contributed by atoms with E-state index in [1.165, 1.54) is 16.9 Å². The van der Waals surface area contributed by atoms with Crippen molar-refractivity contribution < 1.29 is 29.1 Å². The van der Waals surface area contributed by atoms with Gasteiger partial charge in [0, 0.05) is 17.9 Å². The van der Waals surface area contributed by atoms with Gasteiger partial charge in [0.1, 0.15) is 23.8 Å². The number of hydrogen-bond acceptors (Lipinski definition) is 7. The highest BCUT2D eigenvalue weighted by Gasteiger charge is 2.31. The molecule has 0 radical (unpaired) electrons. The molecule has 0 saturated heterocycles. The van der Waals surface area contributed by atoms with Crippen molar-refractivity contribution in [1.82, 2.24) is 21.3 Å². The van der Waals surface area contributed by atoms with Gasteiger partial charge in [0.15, 0.2) is 0 Å². The normalized spacial score (nSPS) is 23.4. The monoisotopic (exact) mass is 570 g/mol. The van der Waals surface area contributed by atoms with Gasteiger partial charge in [0.05, 0.1) is 0 Å². The fraction of sp³-hybridized carbons (Fsp3) is 0.654. The zero-order chi connectivity index (χ0) is 28.8. The molecule has 4 amide bonds. The summed E-state index contributed by atoms with van der Waals surface area (Å²) in [6.07, 6.45) is 7.32. The Hall–Kier alpha value is -2.47. The van der Waals surface area contributed by atoms with E-state index in [9.17, 15) is 29.1 Å². The van der Waals surface area contributed by atoms with Gasteiger partial charge in [-0.3, -0.25) is 19.2 Å². The van der Waals surface area contributed by atoms with Crippen molar-refractivity contribution in [2.75, 3.05) is 11.5 Å². The Morgan fingerprint density at radius 2 is 1.82 bits per heavy atom. The van der Waals surface area contributed by atoms with E-state index in [4.69, 9.17) is 0 Å². The molecule has 0 unspecified atom stereocenters. The predicted molar refractivity (Wildman–Crippen MR) is 152 cm³/mol. The molecule has 4 atom stereocenters. The largest absolute Gasteiger partial charge is 0.480 e. The number of carboxylic acid groups (broad SMARTS) is 1. The van der Waals surface area contributed by atoms with Crippen LogP contribution in [0, 0.1) is 17.8 Å². The van der Waals surface area contributed by atoms with E-state index in [0.29, 0.717) is 6.42 Å². The van der Waals surface area contributed by atoms with Crippen LogP contribution in [0.25, 0.3) is 0 Å². The number of hydrogen-bond donors (Lipinski definition) is 5. The van der Waals surface area contributed by atoms with Crippen molar-refractivity contribution in [3.63, 3.8) is 0 Å². The van der Waals surface area contributed by atoms with Crippen molar-refractivity contribution in [1.29, 1.82) is 0 Å². The van der Waals surface area contributed by atoms with E-state index < -0.39 is 41.8 Å². The van der Waals surface area contributed by atoms with Crippen LogP contribution in [0.15, 0.2) is 23.9 Å². The number of carbonyl (C=O) groups is 5. The van der Waals surface area contributed by atoms with Gasteiger partial charge in [0.25, 0.3) is 5.91 Å². The lowest BCUT2D eigenvalue weighted by Crippen LogP contribution is -2.56. The van der Waals surface area contributed by atoms with Crippen molar-refractivity contribution >= 4 is 51.2 Å². The predicted octanol–water partition coefficient (Wildman–Crippen LogP) is 2.62. The molecule has 5 N–H and O–H groups in total. The number of carboxylic acids is 1. The molecular weight excluding hydrogens is 528 g/mol. The highest BCUT2D eigenvalue weighted by molar-refractivity contribution is 8.76. The maximum absolute atomic E-state index is 13.2. The minimum Gasteiger partial charge on any atom is -0.480 e. The highest BCUT2D eigenvalue weighted by Crippen LogP contribution is 2.24. The summed E-state index contributed by atoms with van der Waals surface area (Å²) in [5.74, 6) is -2.57. The molecule has 1 heterocycles. The van der Waals surface area contributed by atoms with E-state index in [1.807, 2.05) is 13.8 Å². The minimum atomic E-state index is -1.18. The van der Waals surface area contributed by atoms with E-state index in [2.05, 4.69) is 40.3 Å². The van der Waals surface area contributed by atoms with Gasteiger partial charge >= 0.3 is 5.97 Å². The van der Waals surface area contributed by atoms with Crippen molar-refractivity contribution in [3.05, 3.63) is 23.9 Å². The Bertz CT molecular complexity index is 906. The van der Waals surface area contributed by atoms with Crippen LogP contribution in [-0.2, 0) is 24.0 Å². The van der Waals surface area contributed by atoms with Crippen LogP contribution in [0.1, 0.15) is 60.8 Å². The minimum absolute atomic E-state index is 0.117. The van der Waals surface area contributed by atoms with Crippen LogP contribution in [0.5, 0.6) is 0 Å². The Kier molecular flexibility index (Phi) is 15.2. The average Bonchev–Trinajstić information content (AvgIpc) is 2.84. The summed E-state index contributed by atoms with van der Waals surface area (Å²) in [4.78, 5) is 63.1. The first-order valence-electron chi connectivity index (χ1n) is 12.9. The van der Waals surface area contributed by atoms with Crippen LogP contribution in [-0.4, -0.2) is 64.3 Å². The SMILES string of the molecule is CC=C(NC(=O)[C@H]1CSSCCC=C[C@@H](C)CCC(=O)N[C@H](C(C)C)C(=O)N1)C(=O)N[C@H](C(=O)O)C(C)C. The molecule has 0 saturated carbocycles. The van der Waals surface area contributed by atoms with Crippen LogP contribution >= 0.6 is 21.6 Å². The van der Waals surface area contributed by atoms with Gasteiger partial charge in [-0.1, -0.05) is 74.4 Å². The molecule has 0 aromatic carbocycles. The van der Waals surface area contributed by atoms with E-state index >= 15 is 0 Å². The smallest absolute Gasteiger partial charge is 0.326 e. The standard InChI is InChI=1S/C26H42N4O6S2/c1-7-18(23(32)30-22(16(4)5)26(35)36)27-24(33)19-14-38-37-13-9-8-10-17(6)11-12-20(31)29-21(15(2)3)25(34)28-19/h7-8,10,15-17,19,21-22H,9,11-14H2,1-6H3,(H,27,33)(H,28,34)(H,29,31)(H,30,32)(H,35,36)/t17-,19-,21-,22+/m1/s1. The van der Waals surface area contributed by atoms with E-state index in [0.717, 1.165) is 12.2 Å². The van der Waals surface area contributed by atoms with Gasteiger partial charge in [-0.25, -0.2) is 4.79 Å². The summed E-state index contributed by atoms with van der Waals surface area (Å²) in [6.45, 7) is 10.5. The number of aliphatic carboxylic acids is 1. The molecule has 1 aliphatic rings. The summed E-state index contributed by atoms with van der Waals surface area (Å²) < 4.78 is 0. The van der Waals surface area contributed by atoms with Gasteiger partial charge in [0.2, 0.25) is 17.7 Å². The topological polar surface area (TPSA) is 154 Å². The van der Waals surface area contributed by atoms with Crippen molar-refractivity contribution in [2.45, 2.75) is 78.9 Å². The fourth-order valence-electron chi connectivity index (χ4n) is 3.51. The van der Waals surface area contributed by atoms with Gasteiger partial charge in [-0.05, 0) is 37.5 Å². The quantitative estimate of drug-likeness (QED) is 0.178. The summed E-state index contributed by atoms with van der Waals surface area (Å²) >= 11 is 0. The molecule has 38 heavy (non-hydrogen) atoms. The zero-order valence-electron chi connectivity index (χ0n) is 23.0. The van der Waals surface area contributed by atoms with Crippen molar-refractivity contribution in [3.8, 4) is 0 Å². The van der Waals surface area contributed by atoms with Crippen molar-refractivity contribution in [2.24, 2.45) is 17.8 Å². The molecule has 0 aromatic rings. The Balaban J connectivity index is 3.07. The third-order valence-electron chi connectivity index (χ3n) is 5.89. The molecule has 1 aliphatic heterocycles. The third kappa shape index (κ3) is 11.9. The highest BCUT2D eigenvalue weighted by atomic mass is 33.1. The lowest BCUT2D eigenvalue weighted by Gasteiger charge is -2.26. The molecule has 10 nitrogen and oxygen atoms in total. The lowest BCUT2D eigenvalue weighted by molar-refractivity contribution is -0.142. The van der Waals surface area contributed by atoms with Crippen LogP contribution < -0.4 is 21.3 Å². The zero-order valence-corrected chi connectivity index (χ0v) is 24.7. The van der Waals surface area contributed by atoms with Gasteiger partial charge in [-0.15, -0.1) is 0 Å². The fourth-order valence-corrected chi connectivity index (χ4v) is 5.67. The van der Waals surface area contributed by atoms with Crippen LogP contribution in [0.4, 0.5) is 0 Å².